The molecule has 84 valence electrons. The summed E-state index contributed by atoms with van der Waals surface area (Å²) in [6.07, 6.45) is 4.24. The summed E-state index contributed by atoms with van der Waals surface area (Å²) in [6, 6.07) is 7.81. The Morgan fingerprint density at radius 1 is 1.38 bits per heavy atom. The standard InChI is InChI=1S/C13H16N2O/c1-2-3-8-15-10-14-12-7-5-4-6-11(12)9-13(15)16/h4-7,10H,2-3,8-9H2,1H3. The zero-order chi connectivity index (χ0) is 11.4. The van der Waals surface area contributed by atoms with Gasteiger partial charge in [0.2, 0.25) is 5.91 Å². The predicted octanol–water partition coefficient (Wildman–Crippen LogP) is 2.53. The third-order valence-corrected chi connectivity index (χ3v) is 2.74. The lowest BCUT2D eigenvalue weighted by Gasteiger charge is -2.14. The molecule has 0 saturated heterocycles. The summed E-state index contributed by atoms with van der Waals surface area (Å²) in [5, 5.41) is 0. The summed E-state index contributed by atoms with van der Waals surface area (Å²) in [5.74, 6) is 0.141. The molecule has 0 saturated carbocycles. The Kier molecular flexibility index (Phi) is 3.34. The molecule has 1 aromatic rings. The quantitative estimate of drug-likeness (QED) is 0.764. The molecule has 0 aliphatic carbocycles. The molecule has 1 amide bonds. The molecule has 3 heteroatoms. The zero-order valence-electron chi connectivity index (χ0n) is 9.52. The van der Waals surface area contributed by atoms with Crippen molar-refractivity contribution in [3.05, 3.63) is 29.8 Å². The van der Waals surface area contributed by atoms with Gasteiger partial charge < -0.3 is 4.90 Å². The van der Waals surface area contributed by atoms with Gasteiger partial charge in [-0.2, -0.15) is 0 Å². The van der Waals surface area contributed by atoms with Crippen LogP contribution in [0.3, 0.4) is 0 Å². The van der Waals surface area contributed by atoms with Crippen LogP contribution in [0.1, 0.15) is 25.3 Å². The van der Waals surface area contributed by atoms with Crippen LogP contribution in [0.25, 0.3) is 0 Å². The van der Waals surface area contributed by atoms with Gasteiger partial charge in [0.1, 0.15) is 0 Å². The summed E-state index contributed by atoms with van der Waals surface area (Å²) >= 11 is 0. The number of rotatable bonds is 3. The van der Waals surface area contributed by atoms with Gasteiger partial charge in [0.15, 0.2) is 0 Å². The monoisotopic (exact) mass is 216 g/mol. The van der Waals surface area contributed by atoms with E-state index in [0.717, 1.165) is 30.6 Å². The van der Waals surface area contributed by atoms with Gasteiger partial charge in [-0.3, -0.25) is 4.79 Å². The van der Waals surface area contributed by atoms with E-state index < -0.39 is 0 Å². The number of hydrogen-bond donors (Lipinski definition) is 0. The molecule has 0 aromatic heterocycles. The largest absolute Gasteiger partial charge is 0.303 e. The highest BCUT2D eigenvalue weighted by Gasteiger charge is 2.16. The number of amides is 1. The van der Waals surface area contributed by atoms with E-state index in [1.165, 1.54) is 0 Å². The number of carbonyl (C=O) groups is 1. The molecule has 0 spiro atoms. The third kappa shape index (κ3) is 2.30. The molecule has 0 N–H and O–H groups in total. The van der Waals surface area contributed by atoms with Crippen molar-refractivity contribution in [3.63, 3.8) is 0 Å². The van der Waals surface area contributed by atoms with Crippen molar-refractivity contribution < 1.29 is 4.79 Å². The summed E-state index contributed by atoms with van der Waals surface area (Å²) in [5.41, 5.74) is 1.93. The average Bonchev–Trinajstić information content (AvgIpc) is 2.45. The van der Waals surface area contributed by atoms with E-state index in [9.17, 15) is 4.79 Å². The Morgan fingerprint density at radius 3 is 3.00 bits per heavy atom. The van der Waals surface area contributed by atoms with E-state index in [-0.39, 0.29) is 5.91 Å². The summed E-state index contributed by atoms with van der Waals surface area (Å²) in [4.78, 5) is 18.0. The van der Waals surface area contributed by atoms with E-state index >= 15 is 0 Å². The van der Waals surface area contributed by atoms with E-state index in [0.29, 0.717) is 6.42 Å². The van der Waals surface area contributed by atoms with Crippen molar-refractivity contribution in [1.82, 2.24) is 4.90 Å². The van der Waals surface area contributed by atoms with Crippen molar-refractivity contribution in [1.29, 1.82) is 0 Å². The average molecular weight is 216 g/mol. The Balaban J connectivity index is 2.18. The maximum absolute atomic E-state index is 11.9. The minimum absolute atomic E-state index is 0.141. The lowest BCUT2D eigenvalue weighted by molar-refractivity contribution is -0.126. The summed E-state index contributed by atoms with van der Waals surface area (Å²) < 4.78 is 0. The lowest BCUT2D eigenvalue weighted by Crippen LogP contribution is -2.30. The molecule has 0 bridgehead atoms. The minimum atomic E-state index is 0.141. The second kappa shape index (κ2) is 4.92. The molecule has 0 fully saturated rings. The Labute approximate surface area is 95.8 Å². The number of fused-ring (bicyclic) bond motifs is 1. The summed E-state index contributed by atoms with van der Waals surface area (Å²) in [7, 11) is 0. The first-order valence-electron chi connectivity index (χ1n) is 5.73. The number of carbonyl (C=O) groups excluding carboxylic acids is 1. The molecule has 16 heavy (non-hydrogen) atoms. The first-order valence-corrected chi connectivity index (χ1v) is 5.73. The predicted molar refractivity (Wildman–Crippen MR) is 64.9 cm³/mol. The molecule has 0 unspecified atom stereocenters. The number of aliphatic imine (C=N–C) groups is 1. The first-order chi connectivity index (χ1) is 7.81. The molecule has 1 aromatic carbocycles. The fourth-order valence-electron chi connectivity index (χ4n) is 1.76. The highest BCUT2D eigenvalue weighted by Crippen LogP contribution is 2.21. The maximum atomic E-state index is 11.9. The second-order valence-corrected chi connectivity index (χ2v) is 3.99. The third-order valence-electron chi connectivity index (χ3n) is 2.74. The van der Waals surface area contributed by atoms with Crippen LogP contribution in [0.15, 0.2) is 29.3 Å². The molecular weight excluding hydrogens is 200 g/mol. The Hall–Kier alpha value is -1.64. The number of para-hydroxylation sites is 1. The number of nitrogens with zero attached hydrogens (tertiary/aromatic N) is 2. The SMILES string of the molecule is CCCCN1C=Nc2ccccc2CC1=O. The van der Waals surface area contributed by atoms with Crippen molar-refractivity contribution in [2.24, 2.45) is 4.99 Å². The van der Waals surface area contributed by atoms with Gasteiger partial charge in [0.25, 0.3) is 0 Å². The van der Waals surface area contributed by atoms with Crippen molar-refractivity contribution in [2.45, 2.75) is 26.2 Å². The smallest absolute Gasteiger partial charge is 0.232 e. The fourth-order valence-corrected chi connectivity index (χ4v) is 1.76. The fraction of sp³-hybridized carbons (Fsp3) is 0.385. The van der Waals surface area contributed by atoms with Crippen LogP contribution in [-0.4, -0.2) is 23.7 Å². The van der Waals surface area contributed by atoms with Gasteiger partial charge in [0, 0.05) is 6.54 Å². The normalized spacial score (nSPS) is 14.8. The molecular formula is C13H16N2O. The minimum Gasteiger partial charge on any atom is -0.303 e. The van der Waals surface area contributed by atoms with Crippen LogP contribution in [0.4, 0.5) is 5.69 Å². The zero-order valence-corrected chi connectivity index (χ0v) is 9.52. The maximum Gasteiger partial charge on any atom is 0.232 e. The van der Waals surface area contributed by atoms with Gasteiger partial charge in [-0.1, -0.05) is 31.5 Å². The molecule has 3 nitrogen and oxygen atoms in total. The van der Waals surface area contributed by atoms with Crippen molar-refractivity contribution in [3.8, 4) is 0 Å². The molecule has 0 atom stereocenters. The van der Waals surface area contributed by atoms with Crippen LogP contribution in [0.5, 0.6) is 0 Å². The lowest BCUT2D eigenvalue weighted by atomic mass is 10.1. The van der Waals surface area contributed by atoms with Crippen LogP contribution in [0.2, 0.25) is 0 Å². The number of hydrogen-bond acceptors (Lipinski definition) is 2. The topological polar surface area (TPSA) is 32.7 Å². The van der Waals surface area contributed by atoms with Crippen LogP contribution in [-0.2, 0) is 11.2 Å². The first kappa shape index (κ1) is 10.9. The van der Waals surface area contributed by atoms with E-state index in [2.05, 4.69) is 11.9 Å². The van der Waals surface area contributed by atoms with Gasteiger partial charge >= 0.3 is 0 Å². The van der Waals surface area contributed by atoms with E-state index in [4.69, 9.17) is 0 Å². The van der Waals surface area contributed by atoms with Gasteiger partial charge in [-0.15, -0.1) is 0 Å². The van der Waals surface area contributed by atoms with Gasteiger partial charge in [-0.05, 0) is 18.1 Å². The van der Waals surface area contributed by atoms with E-state index in [1.807, 2.05) is 24.3 Å². The highest BCUT2D eigenvalue weighted by molar-refractivity contribution is 5.92. The molecule has 1 aliphatic heterocycles. The van der Waals surface area contributed by atoms with E-state index in [1.54, 1.807) is 11.2 Å². The Bertz CT molecular complexity index is 412. The number of unbranched alkanes of at least 4 members (excludes halogenated alkanes) is 1. The number of benzene rings is 1. The van der Waals surface area contributed by atoms with Crippen molar-refractivity contribution in [2.75, 3.05) is 6.54 Å². The van der Waals surface area contributed by atoms with Gasteiger partial charge in [-0.25, -0.2) is 4.99 Å². The van der Waals surface area contributed by atoms with Crippen molar-refractivity contribution >= 4 is 17.9 Å². The van der Waals surface area contributed by atoms with Crippen LogP contribution < -0.4 is 0 Å². The molecule has 2 rings (SSSR count). The van der Waals surface area contributed by atoms with Crippen LogP contribution in [0, 0.1) is 0 Å². The Morgan fingerprint density at radius 2 is 2.19 bits per heavy atom. The second-order valence-electron chi connectivity index (χ2n) is 3.99. The van der Waals surface area contributed by atoms with Gasteiger partial charge in [0.05, 0.1) is 18.4 Å². The summed E-state index contributed by atoms with van der Waals surface area (Å²) in [6.45, 7) is 2.89. The molecule has 0 radical (unpaired) electrons. The molecule has 1 aliphatic rings. The molecule has 1 heterocycles. The van der Waals surface area contributed by atoms with Crippen LogP contribution >= 0.6 is 0 Å². The highest BCUT2D eigenvalue weighted by atomic mass is 16.2.